The van der Waals surface area contributed by atoms with E-state index in [0.29, 0.717) is 5.41 Å². The summed E-state index contributed by atoms with van der Waals surface area (Å²) in [6, 6.07) is 0. The Labute approximate surface area is 115 Å². The fourth-order valence-electron chi connectivity index (χ4n) is 2.29. The molecule has 0 saturated carbocycles. The van der Waals surface area contributed by atoms with Gasteiger partial charge in [-0.05, 0) is 36.7 Å². The number of terminal acetylenes is 1. The lowest BCUT2D eigenvalue weighted by Gasteiger charge is -2.47. The van der Waals surface area contributed by atoms with Crippen molar-refractivity contribution in [2.24, 2.45) is 5.41 Å². The second-order valence-electron chi connectivity index (χ2n) is 5.55. The zero-order valence-corrected chi connectivity index (χ0v) is 13.1. The molecule has 1 saturated heterocycles. The molecule has 0 nitrogen and oxygen atoms in total. The first-order chi connectivity index (χ1) is 7.94. The van der Waals surface area contributed by atoms with E-state index < -0.39 is 0 Å². The molecule has 96 valence electrons. The van der Waals surface area contributed by atoms with Crippen LogP contribution in [-0.4, -0.2) is 15.6 Å². The van der Waals surface area contributed by atoms with E-state index in [9.17, 15) is 0 Å². The Morgan fingerprint density at radius 3 is 2.41 bits per heavy atom. The van der Waals surface area contributed by atoms with E-state index in [0.717, 1.165) is 12.8 Å². The number of hydrogen-bond donors (Lipinski definition) is 0. The van der Waals surface area contributed by atoms with Crippen molar-refractivity contribution in [1.82, 2.24) is 0 Å². The average molecular weight is 268 g/mol. The van der Waals surface area contributed by atoms with Crippen molar-refractivity contribution in [2.45, 2.75) is 51.0 Å². The molecule has 0 aromatic carbocycles. The van der Waals surface area contributed by atoms with Gasteiger partial charge >= 0.3 is 0 Å². The average Bonchev–Trinajstić information content (AvgIpc) is 2.28. The van der Waals surface area contributed by atoms with Crippen molar-refractivity contribution in [3.63, 3.8) is 0 Å². The molecule has 1 heterocycles. The highest BCUT2D eigenvalue weighted by atomic mass is 32.2. The largest absolute Gasteiger partial charge is 0.139 e. The van der Waals surface area contributed by atoms with Crippen LogP contribution < -0.4 is 0 Å². The molecule has 0 aromatic heterocycles. The van der Waals surface area contributed by atoms with E-state index >= 15 is 0 Å². The number of rotatable bonds is 3. The van der Waals surface area contributed by atoms with Crippen LogP contribution in [0.4, 0.5) is 0 Å². The molecule has 1 aliphatic heterocycles. The van der Waals surface area contributed by atoms with Gasteiger partial charge in [0.25, 0.3) is 0 Å². The van der Waals surface area contributed by atoms with Gasteiger partial charge in [-0.15, -0.1) is 35.9 Å². The summed E-state index contributed by atoms with van der Waals surface area (Å²) in [5.74, 6) is 5.28. The molecular formula is C15H24S2. The normalized spacial score (nSPS) is 21.0. The summed E-state index contributed by atoms with van der Waals surface area (Å²) in [6.07, 6.45) is 10.9. The molecule has 0 unspecified atom stereocenters. The van der Waals surface area contributed by atoms with Crippen molar-refractivity contribution in [2.75, 3.05) is 11.5 Å². The Morgan fingerprint density at radius 2 is 1.94 bits per heavy atom. The van der Waals surface area contributed by atoms with E-state index in [4.69, 9.17) is 6.42 Å². The first-order valence-electron chi connectivity index (χ1n) is 6.32. The zero-order chi connectivity index (χ0) is 12.9. The maximum absolute atomic E-state index is 5.32. The van der Waals surface area contributed by atoms with Gasteiger partial charge < -0.3 is 0 Å². The van der Waals surface area contributed by atoms with Gasteiger partial charge in [-0.25, -0.2) is 0 Å². The van der Waals surface area contributed by atoms with E-state index in [-0.39, 0.29) is 4.08 Å². The lowest BCUT2D eigenvalue weighted by molar-refractivity contribution is 0.395. The summed E-state index contributed by atoms with van der Waals surface area (Å²) in [4.78, 5) is 0. The molecule has 1 rings (SSSR count). The molecule has 0 aliphatic carbocycles. The predicted octanol–water partition coefficient (Wildman–Crippen LogP) is 4.96. The molecule has 0 bridgehead atoms. The van der Waals surface area contributed by atoms with Crippen molar-refractivity contribution in [3.05, 3.63) is 11.6 Å². The highest BCUT2D eigenvalue weighted by Crippen LogP contribution is 2.57. The maximum Gasteiger partial charge on any atom is 0.0865 e. The molecule has 1 aliphatic rings. The van der Waals surface area contributed by atoms with E-state index in [1.165, 1.54) is 23.5 Å². The Hall–Kier alpha value is -0.000000000000000111. The minimum atomic E-state index is 0.250. The van der Waals surface area contributed by atoms with Crippen LogP contribution in [0.1, 0.15) is 47.0 Å². The third-order valence-electron chi connectivity index (χ3n) is 3.15. The summed E-state index contributed by atoms with van der Waals surface area (Å²) < 4.78 is 0.250. The molecular weight excluding hydrogens is 244 g/mol. The van der Waals surface area contributed by atoms with Crippen LogP contribution in [-0.2, 0) is 0 Å². The van der Waals surface area contributed by atoms with Crippen molar-refractivity contribution in [1.29, 1.82) is 0 Å². The SMILES string of the molecule is C#CCC/C=C(\C)C1(C(C)(C)C)SCCCS1. The van der Waals surface area contributed by atoms with Gasteiger partial charge in [0.05, 0.1) is 4.08 Å². The monoisotopic (exact) mass is 268 g/mol. The summed E-state index contributed by atoms with van der Waals surface area (Å²) in [7, 11) is 0. The van der Waals surface area contributed by atoms with Crippen molar-refractivity contribution in [3.8, 4) is 12.3 Å². The highest BCUT2D eigenvalue weighted by molar-refractivity contribution is 8.19. The standard InChI is InChI=1S/C15H24S2/c1-6-7-8-10-13(2)15(14(3,4)5)16-11-9-12-17-15/h1,10H,7-9,11-12H2,2-5H3/b13-10+. The fraction of sp³-hybridized carbons (Fsp3) is 0.733. The van der Waals surface area contributed by atoms with Crippen LogP contribution in [0.15, 0.2) is 11.6 Å². The van der Waals surface area contributed by atoms with Crippen LogP contribution in [0.2, 0.25) is 0 Å². The quantitative estimate of drug-likeness (QED) is 0.403. The molecule has 0 atom stereocenters. The molecule has 17 heavy (non-hydrogen) atoms. The van der Waals surface area contributed by atoms with Gasteiger partial charge in [0.2, 0.25) is 0 Å². The topological polar surface area (TPSA) is 0 Å². The molecule has 0 N–H and O–H groups in total. The van der Waals surface area contributed by atoms with Crippen LogP contribution >= 0.6 is 23.5 Å². The van der Waals surface area contributed by atoms with Crippen LogP contribution in [0.5, 0.6) is 0 Å². The first-order valence-corrected chi connectivity index (χ1v) is 8.30. The predicted molar refractivity (Wildman–Crippen MR) is 83.5 cm³/mol. The minimum absolute atomic E-state index is 0.250. The fourth-order valence-corrected chi connectivity index (χ4v) is 5.95. The Kier molecular flexibility index (Phi) is 5.54. The van der Waals surface area contributed by atoms with Gasteiger partial charge in [-0.3, -0.25) is 0 Å². The van der Waals surface area contributed by atoms with Gasteiger partial charge in [0.1, 0.15) is 0 Å². The van der Waals surface area contributed by atoms with Crippen molar-refractivity contribution >= 4 is 23.5 Å². The van der Waals surface area contributed by atoms with Gasteiger partial charge in [-0.2, -0.15) is 0 Å². The third kappa shape index (κ3) is 3.48. The molecule has 0 spiro atoms. The summed E-state index contributed by atoms with van der Waals surface area (Å²) in [5.41, 5.74) is 1.80. The first kappa shape index (κ1) is 15.1. The third-order valence-corrected chi connectivity index (χ3v) is 7.52. The van der Waals surface area contributed by atoms with Gasteiger partial charge in [0.15, 0.2) is 0 Å². The second-order valence-corrected chi connectivity index (χ2v) is 8.42. The van der Waals surface area contributed by atoms with Crippen molar-refractivity contribution < 1.29 is 0 Å². The maximum atomic E-state index is 5.32. The molecule has 0 radical (unpaired) electrons. The van der Waals surface area contributed by atoms with Gasteiger partial charge in [-0.1, -0.05) is 32.4 Å². The summed E-state index contributed by atoms with van der Waals surface area (Å²) in [6.45, 7) is 9.36. The lowest BCUT2D eigenvalue weighted by Crippen LogP contribution is -2.40. The number of unbranched alkanes of at least 4 members (excludes halogenated alkanes) is 1. The summed E-state index contributed by atoms with van der Waals surface area (Å²) in [5, 5.41) is 0. The highest BCUT2D eigenvalue weighted by Gasteiger charge is 2.45. The lowest BCUT2D eigenvalue weighted by atomic mass is 9.86. The van der Waals surface area contributed by atoms with Crippen LogP contribution in [0, 0.1) is 17.8 Å². The minimum Gasteiger partial charge on any atom is -0.139 e. The number of thioether (sulfide) groups is 2. The van der Waals surface area contributed by atoms with Gasteiger partial charge in [0, 0.05) is 6.42 Å². The smallest absolute Gasteiger partial charge is 0.0865 e. The van der Waals surface area contributed by atoms with E-state index in [1.54, 1.807) is 0 Å². The number of hydrogen-bond acceptors (Lipinski definition) is 2. The van der Waals surface area contributed by atoms with Crippen LogP contribution in [0.25, 0.3) is 0 Å². The zero-order valence-electron chi connectivity index (χ0n) is 11.5. The Bertz CT molecular complexity index is 309. The Balaban J connectivity index is 2.90. The molecule has 1 fully saturated rings. The van der Waals surface area contributed by atoms with E-state index in [1.807, 2.05) is 0 Å². The Morgan fingerprint density at radius 1 is 1.35 bits per heavy atom. The number of allylic oxidation sites excluding steroid dienone is 1. The summed E-state index contributed by atoms with van der Waals surface area (Å²) >= 11 is 4.25. The molecule has 0 amide bonds. The molecule has 2 heteroatoms. The second kappa shape index (κ2) is 6.25. The van der Waals surface area contributed by atoms with Crippen LogP contribution in [0.3, 0.4) is 0 Å². The van der Waals surface area contributed by atoms with E-state index in [2.05, 4.69) is 63.2 Å². The molecule has 0 aromatic rings.